The molecule has 58 valence electrons. The van der Waals surface area contributed by atoms with Crippen molar-refractivity contribution in [1.29, 1.82) is 0 Å². The summed E-state index contributed by atoms with van der Waals surface area (Å²) < 4.78 is 2.01. The van der Waals surface area contributed by atoms with Crippen molar-refractivity contribution < 1.29 is 4.79 Å². The Morgan fingerprint density at radius 2 is 2.10 bits per heavy atom. The second kappa shape index (κ2) is 2.93. The lowest BCUT2D eigenvalue weighted by Gasteiger charge is -2.33. The number of nitrogens with zero attached hydrogens (tertiary/aromatic N) is 1. The van der Waals surface area contributed by atoms with Gasteiger partial charge in [0.2, 0.25) is 0 Å². The number of carbonyl (C=O) groups excluding carboxylic acids is 1. The Labute approximate surface area is 66.1 Å². The molecule has 0 radical (unpaired) electrons. The Hall–Kier alpha value is -0.0200. The smallest absolute Gasteiger partial charge is 0.136 e. The summed E-state index contributed by atoms with van der Waals surface area (Å²) in [5.41, 5.74) is 0. The summed E-state index contributed by atoms with van der Waals surface area (Å²) >= 11 is 1.65. The van der Waals surface area contributed by atoms with Crippen LogP contribution in [0.2, 0.25) is 0 Å². The van der Waals surface area contributed by atoms with Crippen molar-refractivity contribution in [3.63, 3.8) is 0 Å². The monoisotopic (exact) mass is 159 g/mol. The molecule has 0 aromatic rings. The second-order valence-corrected chi connectivity index (χ2v) is 4.85. The van der Waals surface area contributed by atoms with Crippen molar-refractivity contribution in [3.05, 3.63) is 0 Å². The molecule has 10 heavy (non-hydrogen) atoms. The highest BCUT2D eigenvalue weighted by Crippen LogP contribution is 2.29. The van der Waals surface area contributed by atoms with Gasteiger partial charge in [-0.25, -0.2) is 4.31 Å². The van der Waals surface area contributed by atoms with Crippen molar-refractivity contribution in [2.24, 2.45) is 0 Å². The number of hydrogen-bond donors (Lipinski definition) is 0. The average Bonchev–Trinajstić information content (AvgIpc) is 1.80. The molecule has 0 aliphatic carbocycles. The van der Waals surface area contributed by atoms with E-state index >= 15 is 0 Å². The maximum Gasteiger partial charge on any atom is 0.136 e. The lowest BCUT2D eigenvalue weighted by molar-refractivity contribution is -0.109. The van der Waals surface area contributed by atoms with Crippen molar-refractivity contribution in [1.82, 2.24) is 4.31 Å². The zero-order chi connectivity index (χ0) is 7.61. The number of hydrogen-bond acceptors (Lipinski definition) is 3. The van der Waals surface area contributed by atoms with Crippen LogP contribution in [-0.2, 0) is 4.79 Å². The van der Waals surface area contributed by atoms with E-state index in [9.17, 15) is 4.79 Å². The third-order valence-corrected chi connectivity index (χ3v) is 2.65. The molecule has 1 aliphatic rings. The summed E-state index contributed by atoms with van der Waals surface area (Å²) in [5, 5.41) is 0. The first-order valence-electron chi connectivity index (χ1n) is 3.54. The molecule has 3 heteroatoms. The number of carbonyl (C=O) groups is 1. The van der Waals surface area contributed by atoms with Gasteiger partial charge in [0.25, 0.3) is 0 Å². The van der Waals surface area contributed by atoms with Crippen LogP contribution in [0.15, 0.2) is 0 Å². The Bertz CT molecular complexity index is 132. The first-order valence-corrected chi connectivity index (χ1v) is 4.32. The molecule has 1 saturated heterocycles. The van der Waals surface area contributed by atoms with Crippen LogP contribution in [0.1, 0.15) is 20.3 Å². The minimum atomic E-state index is -0.222. The molecule has 1 rings (SSSR count). The molecule has 0 aromatic carbocycles. The van der Waals surface area contributed by atoms with Gasteiger partial charge in [0.05, 0.1) is 4.75 Å². The van der Waals surface area contributed by atoms with Gasteiger partial charge in [0, 0.05) is 13.1 Å². The van der Waals surface area contributed by atoms with E-state index in [1.54, 1.807) is 11.9 Å². The summed E-state index contributed by atoms with van der Waals surface area (Å²) in [4.78, 5) is 10.5. The van der Waals surface area contributed by atoms with E-state index in [-0.39, 0.29) is 4.75 Å². The van der Waals surface area contributed by atoms with Gasteiger partial charge in [-0.1, -0.05) is 11.9 Å². The molecule has 0 N–H and O–H groups in total. The van der Waals surface area contributed by atoms with Crippen LogP contribution in [-0.4, -0.2) is 28.4 Å². The first kappa shape index (κ1) is 8.08. The van der Waals surface area contributed by atoms with Gasteiger partial charge in [0.15, 0.2) is 0 Å². The Balaban J connectivity index is 2.27. The van der Waals surface area contributed by atoms with E-state index in [2.05, 4.69) is 4.31 Å². The van der Waals surface area contributed by atoms with Crippen LogP contribution in [0, 0.1) is 0 Å². The van der Waals surface area contributed by atoms with Gasteiger partial charge < -0.3 is 4.79 Å². The molecule has 0 spiro atoms. The van der Waals surface area contributed by atoms with E-state index < -0.39 is 0 Å². The maximum absolute atomic E-state index is 10.5. The molecule has 1 fully saturated rings. The van der Waals surface area contributed by atoms with E-state index in [0.717, 1.165) is 19.4 Å². The second-order valence-electron chi connectivity index (χ2n) is 3.10. The third kappa shape index (κ3) is 1.99. The summed E-state index contributed by atoms with van der Waals surface area (Å²) in [6, 6.07) is 0. The normalized spacial score (nSPS) is 20.2. The molecule has 0 unspecified atom stereocenters. The van der Waals surface area contributed by atoms with Gasteiger partial charge in [-0.2, -0.15) is 0 Å². The minimum Gasteiger partial charge on any atom is -0.302 e. The van der Waals surface area contributed by atoms with Gasteiger partial charge in [-0.05, 0) is 20.3 Å². The van der Waals surface area contributed by atoms with E-state index in [4.69, 9.17) is 0 Å². The molecular formula is C7H13NOS. The van der Waals surface area contributed by atoms with Crippen molar-refractivity contribution in [2.75, 3.05) is 13.1 Å². The zero-order valence-electron chi connectivity index (χ0n) is 6.46. The molecule has 2 nitrogen and oxygen atoms in total. The van der Waals surface area contributed by atoms with E-state index in [0.29, 0.717) is 0 Å². The Morgan fingerprint density at radius 3 is 2.40 bits per heavy atom. The van der Waals surface area contributed by atoms with Crippen molar-refractivity contribution in [2.45, 2.75) is 25.0 Å². The first-order chi connectivity index (χ1) is 4.64. The summed E-state index contributed by atoms with van der Waals surface area (Å²) in [5.74, 6) is 0. The van der Waals surface area contributed by atoms with Crippen LogP contribution in [0.4, 0.5) is 0 Å². The Kier molecular flexibility index (Phi) is 2.36. The van der Waals surface area contributed by atoms with E-state index in [1.165, 1.54) is 6.42 Å². The van der Waals surface area contributed by atoms with Gasteiger partial charge in [0.1, 0.15) is 6.29 Å². The average molecular weight is 159 g/mol. The molecule has 1 heterocycles. The van der Waals surface area contributed by atoms with Crippen LogP contribution in [0.25, 0.3) is 0 Å². The molecule has 0 aromatic heterocycles. The summed E-state index contributed by atoms with van der Waals surface area (Å²) in [7, 11) is 0. The molecule has 0 bridgehead atoms. The fourth-order valence-electron chi connectivity index (χ4n) is 0.733. The van der Waals surface area contributed by atoms with Crippen LogP contribution >= 0.6 is 11.9 Å². The minimum absolute atomic E-state index is 0.222. The topological polar surface area (TPSA) is 20.3 Å². The van der Waals surface area contributed by atoms with Crippen LogP contribution in [0.3, 0.4) is 0 Å². The van der Waals surface area contributed by atoms with Crippen LogP contribution in [0.5, 0.6) is 0 Å². The largest absolute Gasteiger partial charge is 0.302 e. The molecule has 0 atom stereocenters. The van der Waals surface area contributed by atoms with Gasteiger partial charge in [-0.3, -0.25) is 0 Å². The van der Waals surface area contributed by atoms with E-state index in [1.807, 2.05) is 13.8 Å². The van der Waals surface area contributed by atoms with Crippen molar-refractivity contribution in [3.8, 4) is 0 Å². The summed E-state index contributed by atoms with van der Waals surface area (Å²) in [6.07, 6.45) is 2.29. The molecule has 1 aliphatic heterocycles. The van der Waals surface area contributed by atoms with Gasteiger partial charge in [-0.15, -0.1) is 0 Å². The SMILES string of the molecule is CC(C)(C=O)SN1CCC1. The molecule has 0 amide bonds. The Morgan fingerprint density at radius 1 is 1.50 bits per heavy atom. The standard InChI is InChI=1S/C7H13NOS/c1-7(2,6-9)10-8-4-3-5-8/h6H,3-5H2,1-2H3. The lowest BCUT2D eigenvalue weighted by atomic mass is 10.2. The summed E-state index contributed by atoms with van der Waals surface area (Å²) in [6.45, 7) is 6.18. The predicted octanol–water partition coefficient (Wildman–Crippen LogP) is 1.32. The van der Waals surface area contributed by atoms with Crippen LogP contribution < -0.4 is 0 Å². The predicted molar refractivity (Wildman–Crippen MR) is 43.9 cm³/mol. The highest BCUT2D eigenvalue weighted by molar-refractivity contribution is 7.99. The maximum atomic E-state index is 10.5. The zero-order valence-corrected chi connectivity index (χ0v) is 7.28. The molecular weight excluding hydrogens is 146 g/mol. The highest BCUT2D eigenvalue weighted by atomic mass is 32.2. The lowest BCUT2D eigenvalue weighted by Crippen LogP contribution is -2.36. The number of aldehydes is 1. The molecule has 0 saturated carbocycles. The third-order valence-electron chi connectivity index (χ3n) is 1.46. The highest BCUT2D eigenvalue weighted by Gasteiger charge is 2.25. The fourth-order valence-corrected chi connectivity index (χ4v) is 1.88. The van der Waals surface area contributed by atoms with Crippen molar-refractivity contribution >= 4 is 18.2 Å². The number of rotatable bonds is 3. The quantitative estimate of drug-likeness (QED) is 0.457. The fraction of sp³-hybridized carbons (Fsp3) is 0.857. The van der Waals surface area contributed by atoms with Gasteiger partial charge >= 0.3 is 0 Å².